The van der Waals surface area contributed by atoms with E-state index in [1.165, 1.54) is 19.3 Å². The van der Waals surface area contributed by atoms with Crippen LogP contribution in [0.3, 0.4) is 0 Å². The number of carbonyl (C=O) groups excluding carboxylic acids is 1. The SMILES string of the molecule is CCCCOc1c2n(cc(Br)c1=O)CC(OC1CCCCC1)NC2=O. The zero-order valence-electron chi connectivity index (χ0n) is 14.6. The molecule has 1 saturated carbocycles. The van der Waals surface area contributed by atoms with Gasteiger partial charge in [-0.1, -0.05) is 32.6 Å². The van der Waals surface area contributed by atoms with Gasteiger partial charge in [-0.05, 0) is 35.2 Å². The highest BCUT2D eigenvalue weighted by molar-refractivity contribution is 9.10. The van der Waals surface area contributed by atoms with Crippen LogP contribution >= 0.6 is 15.9 Å². The molecule has 1 fully saturated rings. The Kier molecular flexibility index (Phi) is 6.17. The summed E-state index contributed by atoms with van der Waals surface area (Å²) in [6, 6.07) is 0. The van der Waals surface area contributed by atoms with Crippen molar-refractivity contribution in [1.82, 2.24) is 9.88 Å². The van der Waals surface area contributed by atoms with E-state index in [4.69, 9.17) is 9.47 Å². The maximum Gasteiger partial charge on any atom is 0.273 e. The van der Waals surface area contributed by atoms with Crippen LogP contribution in [0.5, 0.6) is 5.75 Å². The fraction of sp³-hybridized carbons (Fsp3) is 0.667. The molecule has 0 spiro atoms. The summed E-state index contributed by atoms with van der Waals surface area (Å²) in [7, 11) is 0. The molecule has 7 heteroatoms. The van der Waals surface area contributed by atoms with E-state index in [2.05, 4.69) is 21.2 Å². The Morgan fingerprint density at radius 3 is 2.76 bits per heavy atom. The largest absolute Gasteiger partial charge is 0.487 e. The molecule has 0 bridgehead atoms. The minimum Gasteiger partial charge on any atom is -0.487 e. The van der Waals surface area contributed by atoms with Gasteiger partial charge in [0.05, 0.1) is 23.7 Å². The quantitative estimate of drug-likeness (QED) is 0.728. The lowest BCUT2D eigenvalue weighted by molar-refractivity contribution is -0.0533. The first-order valence-corrected chi connectivity index (χ1v) is 9.91. The average Bonchev–Trinajstić information content (AvgIpc) is 2.59. The molecule has 1 unspecified atom stereocenters. The molecule has 0 saturated heterocycles. The average molecular weight is 413 g/mol. The summed E-state index contributed by atoms with van der Waals surface area (Å²) in [5, 5.41) is 2.88. The van der Waals surface area contributed by atoms with Crippen molar-refractivity contribution >= 4 is 21.8 Å². The molecule has 1 aliphatic heterocycles. The summed E-state index contributed by atoms with van der Waals surface area (Å²) in [6.07, 6.45) is 8.96. The number of hydrogen-bond acceptors (Lipinski definition) is 4. The summed E-state index contributed by atoms with van der Waals surface area (Å²) < 4.78 is 13.9. The number of amides is 1. The van der Waals surface area contributed by atoms with Gasteiger partial charge in [0.2, 0.25) is 5.43 Å². The van der Waals surface area contributed by atoms with Crippen LogP contribution in [0.2, 0.25) is 0 Å². The van der Waals surface area contributed by atoms with Gasteiger partial charge in [0, 0.05) is 6.20 Å². The lowest BCUT2D eigenvalue weighted by atomic mass is 9.98. The topological polar surface area (TPSA) is 69.6 Å². The minimum atomic E-state index is -0.374. The Balaban J connectivity index is 1.80. The lowest BCUT2D eigenvalue weighted by Crippen LogP contribution is -2.48. The van der Waals surface area contributed by atoms with Crippen molar-refractivity contribution in [2.24, 2.45) is 0 Å². The van der Waals surface area contributed by atoms with Crippen LogP contribution in [0, 0.1) is 0 Å². The number of hydrogen-bond donors (Lipinski definition) is 1. The van der Waals surface area contributed by atoms with Gasteiger partial charge in [0.15, 0.2) is 11.4 Å². The molecule has 1 amide bonds. The number of ether oxygens (including phenoxy) is 2. The molecule has 3 rings (SSSR count). The van der Waals surface area contributed by atoms with E-state index in [1.807, 2.05) is 6.92 Å². The van der Waals surface area contributed by atoms with Crippen molar-refractivity contribution in [1.29, 1.82) is 0 Å². The fourth-order valence-electron chi connectivity index (χ4n) is 3.39. The van der Waals surface area contributed by atoms with E-state index in [1.54, 1.807) is 10.8 Å². The number of carbonyl (C=O) groups is 1. The second kappa shape index (κ2) is 8.36. The van der Waals surface area contributed by atoms with Crippen molar-refractivity contribution in [3.8, 4) is 5.75 Å². The van der Waals surface area contributed by atoms with Gasteiger partial charge in [-0.15, -0.1) is 0 Å². The normalized spacial score (nSPS) is 20.9. The number of nitrogens with zero attached hydrogens (tertiary/aromatic N) is 1. The Labute approximate surface area is 156 Å². The van der Waals surface area contributed by atoms with Gasteiger partial charge in [-0.25, -0.2) is 0 Å². The number of pyridine rings is 1. The number of aromatic nitrogens is 1. The van der Waals surface area contributed by atoms with E-state index in [-0.39, 0.29) is 35.1 Å². The van der Waals surface area contributed by atoms with Crippen molar-refractivity contribution in [3.63, 3.8) is 0 Å². The number of nitrogens with one attached hydrogen (secondary N) is 1. The Bertz CT molecular complexity index is 682. The van der Waals surface area contributed by atoms with E-state index in [0.29, 0.717) is 17.6 Å². The summed E-state index contributed by atoms with van der Waals surface area (Å²) in [5.41, 5.74) is -0.00282. The summed E-state index contributed by atoms with van der Waals surface area (Å²) in [6.45, 7) is 2.94. The third kappa shape index (κ3) is 4.26. The molecule has 2 aliphatic rings. The minimum absolute atomic E-state index is 0.122. The summed E-state index contributed by atoms with van der Waals surface area (Å²) >= 11 is 3.29. The number of fused-ring (bicyclic) bond motifs is 1. The molecule has 2 heterocycles. The summed E-state index contributed by atoms with van der Waals surface area (Å²) in [4.78, 5) is 25.0. The van der Waals surface area contributed by atoms with Crippen molar-refractivity contribution in [3.05, 3.63) is 26.6 Å². The Hall–Kier alpha value is -1.34. The fourth-order valence-corrected chi connectivity index (χ4v) is 3.81. The van der Waals surface area contributed by atoms with Crippen LogP contribution in [0.25, 0.3) is 0 Å². The van der Waals surface area contributed by atoms with Gasteiger partial charge < -0.3 is 19.4 Å². The smallest absolute Gasteiger partial charge is 0.273 e. The zero-order valence-corrected chi connectivity index (χ0v) is 16.1. The van der Waals surface area contributed by atoms with E-state index >= 15 is 0 Å². The number of rotatable bonds is 6. The molecule has 0 aromatic carbocycles. The maximum atomic E-state index is 12.6. The molecule has 1 atom stereocenters. The second-order valence-electron chi connectivity index (χ2n) is 6.70. The van der Waals surface area contributed by atoms with Gasteiger partial charge in [-0.3, -0.25) is 9.59 Å². The van der Waals surface area contributed by atoms with Gasteiger partial charge >= 0.3 is 0 Å². The zero-order chi connectivity index (χ0) is 17.8. The molecular formula is C18H25BrN2O4. The molecule has 6 nitrogen and oxygen atoms in total. The first-order chi connectivity index (χ1) is 12.1. The monoisotopic (exact) mass is 412 g/mol. The van der Waals surface area contributed by atoms with Gasteiger partial charge in [-0.2, -0.15) is 0 Å². The third-order valence-corrected chi connectivity index (χ3v) is 5.28. The van der Waals surface area contributed by atoms with Crippen LogP contribution in [0.1, 0.15) is 62.4 Å². The van der Waals surface area contributed by atoms with Crippen molar-refractivity contribution < 1.29 is 14.3 Å². The van der Waals surface area contributed by atoms with Gasteiger partial charge in [0.1, 0.15) is 6.23 Å². The number of halogens is 1. The molecule has 1 aromatic rings. The molecule has 1 aromatic heterocycles. The predicted octanol–water partition coefficient (Wildman–Crippen LogP) is 3.21. The van der Waals surface area contributed by atoms with Crippen LogP contribution < -0.4 is 15.5 Å². The lowest BCUT2D eigenvalue weighted by Gasteiger charge is -2.32. The highest BCUT2D eigenvalue weighted by Gasteiger charge is 2.31. The molecule has 0 radical (unpaired) electrons. The highest BCUT2D eigenvalue weighted by Crippen LogP contribution is 2.25. The Morgan fingerprint density at radius 1 is 1.28 bits per heavy atom. The van der Waals surface area contributed by atoms with Crippen molar-refractivity contribution in [2.45, 2.75) is 70.7 Å². The van der Waals surface area contributed by atoms with E-state index < -0.39 is 0 Å². The predicted molar refractivity (Wildman–Crippen MR) is 98.0 cm³/mol. The van der Waals surface area contributed by atoms with E-state index in [9.17, 15) is 9.59 Å². The van der Waals surface area contributed by atoms with Gasteiger partial charge in [0.25, 0.3) is 5.91 Å². The van der Waals surface area contributed by atoms with Crippen LogP contribution in [-0.2, 0) is 11.3 Å². The van der Waals surface area contributed by atoms with E-state index in [0.717, 1.165) is 25.7 Å². The van der Waals surface area contributed by atoms with Crippen LogP contribution in [-0.4, -0.2) is 29.4 Å². The second-order valence-corrected chi connectivity index (χ2v) is 7.55. The highest BCUT2D eigenvalue weighted by atomic mass is 79.9. The van der Waals surface area contributed by atoms with Crippen LogP contribution in [0.15, 0.2) is 15.5 Å². The Morgan fingerprint density at radius 2 is 2.04 bits per heavy atom. The maximum absolute atomic E-state index is 12.6. The molecular weight excluding hydrogens is 388 g/mol. The summed E-state index contributed by atoms with van der Waals surface area (Å²) in [5.74, 6) is -0.195. The third-order valence-electron chi connectivity index (χ3n) is 4.72. The van der Waals surface area contributed by atoms with Crippen LogP contribution in [0.4, 0.5) is 0 Å². The van der Waals surface area contributed by atoms with Crippen molar-refractivity contribution in [2.75, 3.05) is 6.61 Å². The molecule has 138 valence electrons. The molecule has 25 heavy (non-hydrogen) atoms. The first-order valence-electron chi connectivity index (χ1n) is 9.12. The molecule has 1 aliphatic carbocycles. The first kappa shape index (κ1) is 18.5. The standard InChI is InChI=1S/C18H25BrN2O4/c1-2-3-9-24-17-15-18(23)20-14(25-12-7-5-4-6-8-12)11-21(15)10-13(19)16(17)22/h10,12,14H,2-9,11H2,1H3,(H,20,23). The number of unbranched alkanes of at least 4 members (excludes halogenated alkanes) is 1. The molecule has 1 N–H and O–H groups in total.